The second-order valence-electron chi connectivity index (χ2n) is 5.75. The number of esters is 1. The van der Waals surface area contributed by atoms with E-state index in [1.54, 1.807) is 7.11 Å². The smallest absolute Gasteiger partial charge is 0.309 e. The van der Waals surface area contributed by atoms with E-state index >= 15 is 0 Å². The van der Waals surface area contributed by atoms with E-state index in [1.165, 1.54) is 7.05 Å². The molecule has 0 spiro atoms. The van der Waals surface area contributed by atoms with Crippen LogP contribution in [0.5, 0.6) is 0 Å². The van der Waals surface area contributed by atoms with Gasteiger partial charge in [-0.15, -0.1) is 0 Å². The Kier molecular flexibility index (Phi) is 8.33. The van der Waals surface area contributed by atoms with E-state index in [9.17, 15) is 4.79 Å². The Hall–Kier alpha value is -1.12. The van der Waals surface area contributed by atoms with Gasteiger partial charge in [0, 0.05) is 13.0 Å². The van der Waals surface area contributed by atoms with Gasteiger partial charge >= 0.3 is 5.97 Å². The van der Waals surface area contributed by atoms with Crippen LogP contribution in [-0.2, 0) is 14.3 Å². The molecule has 0 unspecified atom stereocenters. The van der Waals surface area contributed by atoms with Crippen LogP contribution in [0.4, 0.5) is 0 Å². The molecule has 5 heteroatoms. The maximum Gasteiger partial charge on any atom is 0.309 e. The average molecular weight is 296 g/mol. The van der Waals surface area contributed by atoms with Gasteiger partial charge in [-0.25, -0.2) is 0 Å². The predicted molar refractivity (Wildman–Crippen MR) is 80.3 cm³/mol. The largest absolute Gasteiger partial charge is 0.462 e. The van der Waals surface area contributed by atoms with Crippen molar-refractivity contribution in [3.63, 3.8) is 0 Å². The van der Waals surface area contributed by atoms with E-state index in [2.05, 4.69) is 11.8 Å². The van der Waals surface area contributed by atoms with E-state index in [0.29, 0.717) is 6.10 Å². The van der Waals surface area contributed by atoms with Gasteiger partial charge in [0.1, 0.15) is 6.10 Å². The van der Waals surface area contributed by atoms with Gasteiger partial charge in [0.25, 0.3) is 0 Å². The summed E-state index contributed by atoms with van der Waals surface area (Å²) in [4.78, 5) is 12.1. The van der Waals surface area contributed by atoms with Gasteiger partial charge in [0.15, 0.2) is 0 Å². The molecule has 0 heterocycles. The third kappa shape index (κ3) is 5.64. The van der Waals surface area contributed by atoms with Crippen LogP contribution in [0.1, 0.15) is 51.4 Å². The van der Waals surface area contributed by atoms with Crippen molar-refractivity contribution in [2.75, 3.05) is 14.2 Å². The van der Waals surface area contributed by atoms with Crippen LogP contribution in [0.2, 0.25) is 0 Å². The molecule has 2 N–H and O–H groups in total. The Bertz CT molecular complexity index is 338. The number of ether oxygens (including phenoxy) is 2. The number of hydrogen-bond donors (Lipinski definition) is 1. The zero-order chi connectivity index (χ0) is 15.7. The molecule has 2 rings (SSSR count). The summed E-state index contributed by atoms with van der Waals surface area (Å²) in [6.45, 7) is 0. The Balaban J connectivity index is 0.00000106. The highest BCUT2D eigenvalue weighted by Crippen LogP contribution is 2.31. The number of carbonyl (C=O) groups is 1. The third-order valence-electron chi connectivity index (χ3n) is 4.48. The van der Waals surface area contributed by atoms with Crippen LogP contribution in [0, 0.1) is 23.2 Å². The van der Waals surface area contributed by atoms with E-state index in [1.807, 2.05) is 0 Å². The second kappa shape index (κ2) is 9.75. The zero-order valence-corrected chi connectivity index (χ0v) is 13.2. The second-order valence-corrected chi connectivity index (χ2v) is 5.75. The maximum atomic E-state index is 12.1. The molecular weight excluding hydrogens is 268 g/mol. The van der Waals surface area contributed by atoms with Gasteiger partial charge in [-0.05, 0) is 58.4 Å². The lowest BCUT2D eigenvalue weighted by Gasteiger charge is -2.30. The number of nitrogens with two attached hydrogens (primary N) is 1. The van der Waals surface area contributed by atoms with Crippen molar-refractivity contribution in [2.24, 2.45) is 17.6 Å². The fraction of sp³-hybridized carbons (Fsp3) is 0.875. The van der Waals surface area contributed by atoms with Crippen molar-refractivity contribution >= 4 is 5.97 Å². The lowest BCUT2D eigenvalue weighted by Crippen LogP contribution is -2.31. The highest BCUT2D eigenvalue weighted by Gasteiger charge is 2.30. The van der Waals surface area contributed by atoms with Gasteiger partial charge in [-0.1, -0.05) is 0 Å². The quantitative estimate of drug-likeness (QED) is 0.808. The van der Waals surface area contributed by atoms with Crippen LogP contribution < -0.4 is 5.73 Å². The molecule has 0 bridgehead atoms. The first-order valence-electron chi connectivity index (χ1n) is 7.93. The summed E-state index contributed by atoms with van der Waals surface area (Å²) in [5.41, 5.74) is 4.50. The summed E-state index contributed by atoms with van der Waals surface area (Å²) in [5.74, 6) is 0.114. The molecule has 2 fully saturated rings. The molecule has 0 aliphatic heterocycles. The summed E-state index contributed by atoms with van der Waals surface area (Å²) in [7, 11) is 3.24. The number of carbonyl (C=O) groups excluding carboxylic acids is 1. The van der Waals surface area contributed by atoms with E-state index < -0.39 is 0 Å². The SMILES string of the molecule is CN.COC1CCC(OC(=O)C2CCC(C#N)CC2)CC1. The highest BCUT2D eigenvalue weighted by molar-refractivity contribution is 5.72. The first-order valence-corrected chi connectivity index (χ1v) is 7.93. The normalized spacial score (nSPS) is 32.3. The molecule has 2 aliphatic carbocycles. The molecule has 0 atom stereocenters. The van der Waals surface area contributed by atoms with Gasteiger partial charge in [-0.2, -0.15) is 5.26 Å². The summed E-state index contributed by atoms with van der Waals surface area (Å²) < 4.78 is 10.9. The molecular formula is C16H28N2O3. The summed E-state index contributed by atoms with van der Waals surface area (Å²) in [6.07, 6.45) is 7.50. The topological polar surface area (TPSA) is 85.3 Å². The third-order valence-corrected chi connectivity index (χ3v) is 4.48. The lowest BCUT2D eigenvalue weighted by atomic mass is 9.83. The lowest BCUT2D eigenvalue weighted by molar-refractivity contribution is -0.158. The van der Waals surface area contributed by atoms with Gasteiger partial charge < -0.3 is 15.2 Å². The first-order chi connectivity index (χ1) is 10.2. The van der Waals surface area contributed by atoms with Crippen molar-refractivity contribution < 1.29 is 14.3 Å². The van der Waals surface area contributed by atoms with Crippen molar-refractivity contribution in [3.05, 3.63) is 0 Å². The van der Waals surface area contributed by atoms with Crippen molar-refractivity contribution in [1.29, 1.82) is 5.26 Å². The molecule has 2 saturated carbocycles. The summed E-state index contributed by atoms with van der Waals surface area (Å²) in [6, 6.07) is 2.29. The Morgan fingerprint density at radius 2 is 1.52 bits per heavy atom. The molecule has 0 aromatic heterocycles. The van der Waals surface area contributed by atoms with Crippen LogP contribution in [0.3, 0.4) is 0 Å². The number of methoxy groups -OCH3 is 1. The number of rotatable bonds is 3. The monoisotopic (exact) mass is 296 g/mol. The fourth-order valence-electron chi connectivity index (χ4n) is 3.10. The van der Waals surface area contributed by atoms with E-state index in [0.717, 1.165) is 51.4 Å². The number of nitriles is 1. The Labute approximate surface area is 127 Å². The van der Waals surface area contributed by atoms with Crippen molar-refractivity contribution in [2.45, 2.75) is 63.6 Å². The number of hydrogen-bond acceptors (Lipinski definition) is 5. The molecule has 21 heavy (non-hydrogen) atoms. The molecule has 120 valence electrons. The van der Waals surface area contributed by atoms with E-state index in [4.69, 9.17) is 14.7 Å². The highest BCUT2D eigenvalue weighted by atomic mass is 16.5. The fourth-order valence-corrected chi connectivity index (χ4v) is 3.10. The molecule has 5 nitrogen and oxygen atoms in total. The summed E-state index contributed by atoms with van der Waals surface area (Å²) in [5, 5.41) is 8.85. The zero-order valence-electron chi connectivity index (χ0n) is 13.2. The van der Waals surface area contributed by atoms with Crippen molar-refractivity contribution in [1.82, 2.24) is 0 Å². The predicted octanol–water partition coefficient (Wildman–Crippen LogP) is 2.39. The minimum Gasteiger partial charge on any atom is -0.462 e. The van der Waals surface area contributed by atoms with Gasteiger partial charge in [0.05, 0.1) is 18.1 Å². The summed E-state index contributed by atoms with van der Waals surface area (Å²) >= 11 is 0. The van der Waals surface area contributed by atoms with Crippen LogP contribution in [0.25, 0.3) is 0 Å². The first kappa shape index (κ1) is 17.9. The van der Waals surface area contributed by atoms with Crippen molar-refractivity contribution in [3.8, 4) is 6.07 Å². The maximum absolute atomic E-state index is 12.1. The van der Waals surface area contributed by atoms with E-state index in [-0.39, 0.29) is 23.9 Å². The molecule has 0 amide bonds. The standard InChI is InChI=1S/C15H23NO3.CH5N/c1-18-13-6-8-14(9-7-13)19-15(17)12-4-2-11(10-16)3-5-12;1-2/h11-14H,2-9H2,1H3;2H2,1H3. The Morgan fingerprint density at radius 1 is 1.00 bits per heavy atom. The van der Waals surface area contributed by atoms with Crippen LogP contribution >= 0.6 is 0 Å². The molecule has 0 aromatic rings. The Morgan fingerprint density at radius 3 is 2.00 bits per heavy atom. The number of nitrogens with zero attached hydrogens (tertiary/aromatic N) is 1. The van der Waals surface area contributed by atoms with Crippen LogP contribution in [0.15, 0.2) is 0 Å². The van der Waals surface area contributed by atoms with Crippen LogP contribution in [-0.4, -0.2) is 32.3 Å². The molecule has 0 radical (unpaired) electrons. The molecule has 0 aromatic carbocycles. The van der Waals surface area contributed by atoms with Gasteiger partial charge in [0.2, 0.25) is 0 Å². The van der Waals surface area contributed by atoms with Gasteiger partial charge in [-0.3, -0.25) is 4.79 Å². The minimum absolute atomic E-state index is 0.0183. The molecule has 0 saturated heterocycles. The average Bonchev–Trinajstić information content (AvgIpc) is 2.57. The molecule has 2 aliphatic rings. The minimum atomic E-state index is -0.0442.